The van der Waals surface area contributed by atoms with E-state index in [1.54, 1.807) is 18.2 Å². The summed E-state index contributed by atoms with van der Waals surface area (Å²) < 4.78 is 4.99. The molecule has 0 radical (unpaired) electrons. The summed E-state index contributed by atoms with van der Waals surface area (Å²) in [6.07, 6.45) is 2.11. The minimum atomic E-state index is -0.199. The summed E-state index contributed by atoms with van der Waals surface area (Å²) in [6, 6.07) is 5.32. The third-order valence-electron chi connectivity index (χ3n) is 2.65. The van der Waals surface area contributed by atoms with Gasteiger partial charge in [0.1, 0.15) is 0 Å². The van der Waals surface area contributed by atoms with Crippen molar-refractivity contribution in [2.45, 2.75) is 25.4 Å². The molecule has 0 atom stereocenters. The maximum absolute atomic E-state index is 11.4. The molecule has 1 aromatic rings. The van der Waals surface area contributed by atoms with E-state index in [0.29, 0.717) is 17.4 Å². The van der Waals surface area contributed by atoms with Crippen molar-refractivity contribution < 1.29 is 14.6 Å². The Morgan fingerprint density at radius 2 is 2.29 bits per heavy atom. The number of nitrogens with one attached hydrogen (secondary N) is 2. The number of ether oxygens (including phenoxy) is 1. The maximum atomic E-state index is 11.4. The Kier molecular flexibility index (Phi) is 3.37. The van der Waals surface area contributed by atoms with E-state index in [-0.39, 0.29) is 18.3 Å². The number of methoxy groups -OCH3 is 1. The molecule has 0 aromatic heterocycles. The van der Waals surface area contributed by atoms with Crippen LogP contribution >= 0.6 is 0 Å². The normalized spacial score (nSPS) is 14.2. The minimum Gasteiger partial charge on any atom is -0.504 e. The van der Waals surface area contributed by atoms with Gasteiger partial charge in [0.2, 0.25) is 0 Å². The van der Waals surface area contributed by atoms with Crippen LogP contribution in [0.2, 0.25) is 0 Å². The molecule has 1 aromatic carbocycles. The van der Waals surface area contributed by atoms with Gasteiger partial charge >= 0.3 is 6.03 Å². The predicted octanol–water partition coefficient (Wildman–Crippen LogP) is 1.36. The van der Waals surface area contributed by atoms with E-state index >= 15 is 0 Å². The number of para-hydroxylation sites is 1. The van der Waals surface area contributed by atoms with Crippen LogP contribution in [0.25, 0.3) is 0 Å². The van der Waals surface area contributed by atoms with E-state index in [2.05, 4.69) is 10.6 Å². The summed E-state index contributed by atoms with van der Waals surface area (Å²) >= 11 is 0. The average Bonchev–Trinajstić information content (AvgIpc) is 3.11. The first-order valence-corrected chi connectivity index (χ1v) is 5.60. The molecule has 3 N–H and O–H groups in total. The first-order chi connectivity index (χ1) is 8.20. The Morgan fingerprint density at radius 1 is 1.53 bits per heavy atom. The third kappa shape index (κ3) is 3.03. The second-order valence-electron chi connectivity index (χ2n) is 4.07. The van der Waals surface area contributed by atoms with Crippen molar-refractivity contribution in [1.82, 2.24) is 10.6 Å². The molecular weight excluding hydrogens is 220 g/mol. The average molecular weight is 236 g/mol. The van der Waals surface area contributed by atoms with Gasteiger partial charge in [-0.2, -0.15) is 0 Å². The van der Waals surface area contributed by atoms with Gasteiger partial charge < -0.3 is 20.5 Å². The van der Waals surface area contributed by atoms with Crippen molar-refractivity contribution in [2.75, 3.05) is 7.11 Å². The molecule has 92 valence electrons. The molecule has 0 spiro atoms. The van der Waals surface area contributed by atoms with Crippen LogP contribution in [0.3, 0.4) is 0 Å². The van der Waals surface area contributed by atoms with Gasteiger partial charge in [-0.3, -0.25) is 0 Å². The summed E-state index contributed by atoms with van der Waals surface area (Å²) in [4.78, 5) is 11.4. The number of benzene rings is 1. The van der Waals surface area contributed by atoms with Crippen LogP contribution in [0.1, 0.15) is 18.4 Å². The Bertz CT molecular complexity index is 416. The summed E-state index contributed by atoms with van der Waals surface area (Å²) in [5, 5.41) is 15.3. The Morgan fingerprint density at radius 3 is 2.94 bits per heavy atom. The molecule has 0 unspecified atom stereocenters. The molecule has 17 heavy (non-hydrogen) atoms. The third-order valence-corrected chi connectivity index (χ3v) is 2.65. The second kappa shape index (κ2) is 4.95. The lowest BCUT2D eigenvalue weighted by atomic mass is 10.2. The standard InChI is InChI=1S/C12H16N2O3/c1-17-10-4-2-3-8(11(10)15)7-13-12(16)14-9-5-6-9/h2-4,9,15H,5-7H2,1H3,(H2,13,14,16). The van der Waals surface area contributed by atoms with E-state index in [4.69, 9.17) is 4.74 Å². The fraction of sp³-hybridized carbons (Fsp3) is 0.417. The van der Waals surface area contributed by atoms with Crippen molar-refractivity contribution >= 4 is 6.03 Å². The molecule has 0 bridgehead atoms. The van der Waals surface area contributed by atoms with Crippen LogP contribution in [-0.4, -0.2) is 24.3 Å². The molecule has 2 amide bonds. The van der Waals surface area contributed by atoms with E-state index in [1.807, 2.05) is 0 Å². The number of amides is 2. The van der Waals surface area contributed by atoms with Crippen LogP contribution in [-0.2, 0) is 6.54 Å². The number of carbonyl (C=O) groups is 1. The lowest BCUT2D eigenvalue weighted by Crippen LogP contribution is -2.36. The number of phenols is 1. The zero-order valence-corrected chi connectivity index (χ0v) is 9.69. The molecule has 1 fully saturated rings. The monoisotopic (exact) mass is 236 g/mol. The van der Waals surface area contributed by atoms with Gasteiger partial charge in [-0.05, 0) is 18.9 Å². The highest BCUT2D eigenvalue weighted by Crippen LogP contribution is 2.29. The van der Waals surface area contributed by atoms with Crippen molar-refractivity contribution in [3.63, 3.8) is 0 Å². The Hall–Kier alpha value is -1.91. The zero-order valence-electron chi connectivity index (χ0n) is 9.69. The first kappa shape index (κ1) is 11.6. The number of urea groups is 1. The van der Waals surface area contributed by atoms with Crippen LogP contribution in [0, 0.1) is 0 Å². The zero-order chi connectivity index (χ0) is 12.3. The molecular formula is C12H16N2O3. The second-order valence-corrected chi connectivity index (χ2v) is 4.07. The molecule has 2 rings (SSSR count). The number of hydrogen-bond acceptors (Lipinski definition) is 3. The molecule has 1 aliphatic rings. The maximum Gasteiger partial charge on any atom is 0.315 e. The number of hydrogen-bond donors (Lipinski definition) is 3. The van der Waals surface area contributed by atoms with Gasteiger partial charge in [-0.25, -0.2) is 4.79 Å². The molecule has 1 aliphatic carbocycles. The first-order valence-electron chi connectivity index (χ1n) is 5.60. The molecule has 0 aliphatic heterocycles. The van der Waals surface area contributed by atoms with E-state index in [1.165, 1.54) is 7.11 Å². The Labute approximate surface area is 99.8 Å². The van der Waals surface area contributed by atoms with Gasteiger partial charge in [0, 0.05) is 18.2 Å². The van der Waals surface area contributed by atoms with Crippen LogP contribution in [0.5, 0.6) is 11.5 Å². The van der Waals surface area contributed by atoms with Crippen molar-refractivity contribution in [3.8, 4) is 11.5 Å². The lowest BCUT2D eigenvalue weighted by molar-refractivity contribution is 0.240. The van der Waals surface area contributed by atoms with Gasteiger partial charge in [-0.1, -0.05) is 12.1 Å². The van der Waals surface area contributed by atoms with Gasteiger partial charge in [0.25, 0.3) is 0 Å². The smallest absolute Gasteiger partial charge is 0.315 e. The fourth-order valence-corrected chi connectivity index (χ4v) is 1.51. The minimum absolute atomic E-state index is 0.0710. The fourth-order valence-electron chi connectivity index (χ4n) is 1.51. The Balaban J connectivity index is 1.91. The van der Waals surface area contributed by atoms with Gasteiger partial charge in [-0.15, -0.1) is 0 Å². The number of carbonyl (C=O) groups excluding carboxylic acids is 1. The lowest BCUT2D eigenvalue weighted by Gasteiger charge is -2.10. The van der Waals surface area contributed by atoms with Crippen LogP contribution in [0.4, 0.5) is 4.79 Å². The molecule has 0 saturated heterocycles. The number of aromatic hydroxyl groups is 1. The number of phenolic OH excluding ortho intramolecular Hbond substituents is 1. The SMILES string of the molecule is COc1cccc(CNC(=O)NC2CC2)c1O. The van der Waals surface area contributed by atoms with E-state index < -0.39 is 0 Å². The predicted molar refractivity (Wildman–Crippen MR) is 63.1 cm³/mol. The summed E-state index contributed by atoms with van der Waals surface area (Å²) in [6.45, 7) is 0.279. The van der Waals surface area contributed by atoms with Gasteiger partial charge in [0.05, 0.1) is 7.11 Å². The van der Waals surface area contributed by atoms with Crippen LogP contribution < -0.4 is 15.4 Å². The molecule has 0 heterocycles. The van der Waals surface area contributed by atoms with E-state index in [0.717, 1.165) is 12.8 Å². The topological polar surface area (TPSA) is 70.6 Å². The van der Waals surface area contributed by atoms with Crippen molar-refractivity contribution in [1.29, 1.82) is 0 Å². The highest BCUT2D eigenvalue weighted by Gasteiger charge is 2.23. The quantitative estimate of drug-likeness (QED) is 0.739. The molecule has 5 nitrogen and oxygen atoms in total. The highest BCUT2D eigenvalue weighted by atomic mass is 16.5. The van der Waals surface area contributed by atoms with E-state index in [9.17, 15) is 9.90 Å². The summed E-state index contributed by atoms with van der Waals surface area (Å²) in [7, 11) is 1.49. The summed E-state index contributed by atoms with van der Waals surface area (Å²) in [5.74, 6) is 0.480. The van der Waals surface area contributed by atoms with Gasteiger partial charge in [0.15, 0.2) is 11.5 Å². The van der Waals surface area contributed by atoms with Crippen molar-refractivity contribution in [3.05, 3.63) is 23.8 Å². The largest absolute Gasteiger partial charge is 0.504 e. The van der Waals surface area contributed by atoms with Crippen molar-refractivity contribution in [2.24, 2.45) is 0 Å². The number of rotatable bonds is 4. The molecule has 1 saturated carbocycles. The molecule has 5 heteroatoms. The summed E-state index contributed by atoms with van der Waals surface area (Å²) in [5.41, 5.74) is 0.635. The highest BCUT2D eigenvalue weighted by molar-refractivity contribution is 5.74. The van der Waals surface area contributed by atoms with Crippen LogP contribution in [0.15, 0.2) is 18.2 Å².